The molecule has 0 aliphatic heterocycles. The zero-order valence-corrected chi connectivity index (χ0v) is 13.4. The number of hydrogen-bond acceptors (Lipinski definition) is 2. The molecule has 0 saturated heterocycles. The van der Waals surface area contributed by atoms with Crippen LogP contribution in [-0.4, -0.2) is 35.6 Å². The summed E-state index contributed by atoms with van der Waals surface area (Å²) in [7, 11) is 0.719. The molecule has 18 heavy (non-hydrogen) atoms. The van der Waals surface area contributed by atoms with Crippen LogP contribution in [0.15, 0.2) is 27.6 Å². The topological polar surface area (TPSA) is 50.6 Å². The minimum absolute atomic E-state index is 0.320. The van der Waals surface area contributed by atoms with Crippen molar-refractivity contribution >= 4 is 26.0 Å². The van der Waals surface area contributed by atoms with Gasteiger partial charge in [-0.15, -0.1) is 0 Å². The van der Waals surface area contributed by atoms with Crippen LogP contribution < -0.4 is 9.62 Å². The lowest BCUT2D eigenvalue weighted by Gasteiger charge is -2.09. The maximum Gasteiger partial charge on any atom is 0.240 e. The molecule has 1 rings (SSSR count). The minimum atomic E-state index is -3.38. The fourth-order valence-electron chi connectivity index (χ4n) is 1.52. The Morgan fingerprint density at radius 2 is 2.00 bits per heavy atom. The number of rotatable bonds is 6. The molecule has 0 aliphatic rings. The van der Waals surface area contributed by atoms with E-state index in [0.29, 0.717) is 11.4 Å². The van der Waals surface area contributed by atoms with E-state index >= 15 is 0 Å². The number of sulfonamides is 1. The van der Waals surface area contributed by atoms with Gasteiger partial charge in [-0.3, -0.25) is 0 Å². The van der Waals surface area contributed by atoms with Crippen molar-refractivity contribution in [1.29, 1.82) is 0 Å². The predicted octanol–water partition coefficient (Wildman–Crippen LogP) is 0.570. The molecule has 1 aromatic carbocycles. The molecule has 0 spiro atoms. The zero-order valence-electron chi connectivity index (χ0n) is 11.0. The van der Waals surface area contributed by atoms with Crippen LogP contribution in [0, 0.1) is 6.92 Å². The molecular formula is C12H20BrN2O2S+. The molecule has 0 radical (unpaired) electrons. The van der Waals surface area contributed by atoms with Gasteiger partial charge in [0, 0.05) is 17.4 Å². The molecule has 0 fully saturated rings. The van der Waals surface area contributed by atoms with Gasteiger partial charge in [0.05, 0.1) is 25.5 Å². The second kappa shape index (κ2) is 6.65. The third-order valence-corrected chi connectivity index (χ3v) is 4.93. The van der Waals surface area contributed by atoms with Gasteiger partial charge in [0.15, 0.2) is 0 Å². The Labute approximate surface area is 118 Å². The highest BCUT2D eigenvalue weighted by Crippen LogP contribution is 2.19. The average molecular weight is 336 g/mol. The quantitative estimate of drug-likeness (QED) is 0.747. The first kappa shape index (κ1) is 15.6. The lowest BCUT2D eigenvalue weighted by molar-refractivity contribution is -0.858. The fraction of sp³-hybridized carbons (Fsp3) is 0.500. The van der Waals surface area contributed by atoms with Crippen molar-refractivity contribution in [3.8, 4) is 0 Å². The van der Waals surface area contributed by atoms with Gasteiger partial charge in [0.25, 0.3) is 0 Å². The van der Waals surface area contributed by atoms with Crippen LogP contribution in [0.3, 0.4) is 0 Å². The van der Waals surface area contributed by atoms with Crippen LogP contribution >= 0.6 is 15.9 Å². The van der Waals surface area contributed by atoms with Crippen molar-refractivity contribution in [1.82, 2.24) is 4.72 Å². The Bertz CT molecular complexity index is 501. The van der Waals surface area contributed by atoms with Crippen LogP contribution in [-0.2, 0) is 10.0 Å². The van der Waals surface area contributed by atoms with E-state index in [1.54, 1.807) is 18.2 Å². The van der Waals surface area contributed by atoms with E-state index in [2.05, 4.69) is 20.7 Å². The highest BCUT2D eigenvalue weighted by atomic mass is 79.9. The molecule has 0 aliphatic carbocycles. The molecule has 0 bridgehead atoms. The number of benzene rings is 1. The first-order valence-electron chi connectivity index (χ1n) is 5.88. The molecule has 0 amide bonds. The highest BCUT2D eigenvalue weighted by Gasteiger charge is 2.14. The van der Waals surface area contributed by atoms with Crippen LogP contribution in [0.4, 0.5) is 0 Å². The van der Waals surface area contributed by atoms with Gasteiger partial charge in [-0.2, -0.15) is 0 Å². The van der Waals surface area contributed by atoms with E-state index in [-0.39, 0.29) is 0 Å². The third kappa shape index (κ3) is 4.68. The van der Waals surface area contributed by atoms with E-state index in [9.17, 15) is 8.42 Å². The first-order chi connectivity index (χ1) is 8.33. The standard InChI is InChI=1S/C12H19BrN2O2S/c1-10-9-11(5-6-12(10)13)18(16,17)14-7-4-8-15(2)3/h5-6,9,14H,4,7-8H2,1-3H3/p+1. The number of halogens is 1. The molecule has 1 aromatic rings. The Morgan fingerprint density at radius 3 is 2.56 bits per heavy atom. The maximum atomic E-state index is 12.0. The predicted molar refractivity (Wildman–Crippen MR) is 76.4 cm³/mol. The van der Waals surface area contributed by atoms with Crippen molar-refractivity contribution in [2.45, 2.75) is 18.2 Å². The van der Waals surface area contributed by atoms with Crippen LogP contribution in [0.25, 0.3) is 0 Å². The van der Waals surface area contributed by atoms with E-state index in [1.165, 1.54) is 4.90 Å². The molecular weight excluding hydrogens is 316 g/mol. The maximum absolute atomic E-state index is 12.0. The number of aryl methyl sites for hydroxylation is 1. The Balaban J connectivity index is 2.66. The zero-order chi connectivity index (χ0) is 13.8. The molecule has 102 valence electrons. The summed E-state index contributed by atoms with van der Waals surface area (Å²) in [6, 6.07) is 5.04. The third-order valence-electron chi connectivity index (χ3n) is 2.59. The molecule has 0 atom stereocenters. The highest BCUT2D eigenvalue weighted by molar-refractivity contribution is 9.10. The summed E-state index contributed by atoms with van der Waals surface area (Å²) in [5.74, 6) is 0. The summed E-state index contributed by atoms with van der Waals surface area (Å²) in [6.07, 6.45) is 0.830. The largest absolute Gasteiger partial charge is 0.340 e. The SMILES string of the molecule is Cc1cc(S(=O)(=O)NCCC[NH+](C)C)ccc1Br. The normalized spacial score (nSPS) is 12.1. The monoisotopic (exact) mass is 335 g/mol. The first-order valence-corrected chi connectivity index (χ1v) is 8.15. The van der Waals surface area contributed by atoms with Gasteiger partial charge in [-0.25, -0.2) is 13.1 Å². The van der Waals surface area contributed by atoms with Crippen molar-refractivity contribution in [3.05, 3.63) is 28.2 Å². The Kier molecular flexibility index (Phi) is 5.78. The van der Waals surface area contributed by atoms with Gasteiger partial charge < -0.3 is 4.90 Å². The number of nitrogens with one attached hydrogen (secondary N) is 2. The number of hydrogen-bond donors (Lipinski definition) is 2. The summed E-state index contributed by atoms with van der Waals surface area (Å²) in [6.45, 7) is 3.29. The average Bonchev–Trinajstić information content (AvgIpc) is 2.28. The molecule has 6 heteroatoms. The van der Waals surface area contributed by atoms with E-state index < -0.39 is 10.0 Å². The van der Waals surface area contributed by atoms with Gasteiger partial charge >= 0.3 is 0 Å². The van der Waals surface area contributed by atoms with Crippen LogP contribution in [0.1, 0.15) is 12.0 Å². The van der Waals surface area contributed by atoms with E-state index in [4.69, 9.17) is 0 Å². The van der Waals surface area contributed by atoms with Crippen molar-refractivity contribution in [2.75, 3.05) is 27.2 Å². The van der Waals surface area contributed by atoms with E-state index in [0.717, 1.165) is 23.0 Å². The summed E-state index contributed by atoms with van der Waals surface area (Å²) in [5.41, 5.74) is 0.913. The molecule has 0 heterocycles. The van der Waals surface area contributed by atoms with Crippen molar-refractivity contribution in [2.24, 2.45) is 0 Å². The van der Waals surface area contributed by atoms with Gasteiger partial charge in [0.1, 0.15) is 0 Å². The second-order valence-corrected chi connectivity index (χ2v) is 7.24. The lowest BCUT2D eigenvalue weighted by atomic mass is 10.2. The van der Waals surface area contributed by atoms with Crippen molar-refractivity contribution in [3.63, 3.8) is 0 Å². The van der Waals surface area contributed by atoms with Crippen LogP contribution in [0.2, 0.25) is 0 Å². The molecule has 0 aromatic heterocycles. The van der Waals surface area contributed by atoms with Crippen molar-refractivity contribution < 1.29 is 13.3 Å². The number of quaternary nitrogens is 1. The molecule has 4 nitrogen and oxygen atoms in total. The fourth-order valence-corrected chi connectivity index (χ4v) is 2.92. The van der Waals surface area contributed by atoms with E-state index in [1.807, 2.05) is 21.0 Å². The summed E-state index contributed by atoms with van der Waals surface area (Å²) < 4.78 is 27.5. The van der Waals surface area contributed by atoms with Gasteiger partial charge in [-0.05, 0) is 30.7 Å². The Morgan fingerprint density at radius 1 is 1.33 bits per heavy atom. The summed E-state index contributed by atoms with van der Waals surface area (Å²) >= 11 is 3.36. The Hall–Kier alpha value is -0.430. The second-order valence-electron chi connectivity index (χ2n) is 4.62. The lowest BCUT2D eigenvalue weighted by Crippen LogP contribution is -3.05. The minimum Gasteiger partial charge on any atom is -0.340 e. The van der Waals surface area contributed by atoms with Crippen LogP contribution in [0.5, 0.6) is 0 Å². The van der Waals surface area contributed by atoms with Gasteiger partial charge in [0.2, 0.25) is 10.0 Å². The smallest absolute Gasteiger partial charge is 0.240 e. The summed E-state index contributed by atoms with van der Waals surface area (Å²) in [4.78, 5) is 1.63. The molecule has 2 N–H and O–H groups in total. The molecule has 0 unspecified atom stereocenters. The summed E-state index contributed by atoms with van der Waals surface area (Å²) in [5, 5.41) is 0. The molecule has 0 saturated carbocycles. The van der Waals surface area contributed by atoms with Gasteiger partial charge in [-0.1, -0.05) is 15.9 Å².